The van der Waals surface area contributed by atoms with E-state index in [9.17, 15) is 23.1 Å². The van der Waals surface area contributed by atoms with E-state index < -0.39 is 23.6 Å². The van der Waals surface area contributed by atoms with E-state index in [-0.39, 0.29) is 36.9 Å². The largest absolute Gasteiger partial charge is 0.389 e. The molecule has 1 amide bonds. The van der Waals surface area contributed by atoms with Crippen molar-refractivity contribution in [2.75, 3.05) is 37.0 Å². The van der Waals surface area contributed by atoms with E-state index in [1.165, 1.54) is 18.2 Å². The molecule has 1 aromatic heterocycles. The highest BCUT2D eigenvalue weighted by Crippen LogP contribution is 2.28. The van der Waals surface area contributed by atoms with Crippen molar-refractivity contribution in [1.29, 1.82) is 0 Å². The number of nitrogens with one attached hydrogen (secondary N) is 1. The highest BCUT2D eigenvalue weighted by atomic mass is 19.2. The third-order valence-electron chi connectivity index (χ3n) is 5.63. The Labute approximate surface area is 195 Å². The zero-order valence-corrected chi connectivity index (χ0v) is 18.5. The lowest BCUT2D eigenvalue weighted by Gasteiger charge is -2.25. The molecule has 178 valence electrons. The molecule has 2 heterocycles. The number of methoxy groups -OCH3 is 1. The van der Waals surface area contributed by atoms with Crippen LogP contribution in [0, 0.1) is 17.5 Å². The molecule has 1 unspecified atom stereocenters. The van der Waals surface area contributed by atoms with E-state index in [2.05, 4.69) is 10.3 Å². The van der Waals surface area contributed by atoms with Crippen LogP contribution in [0.3, 0.4) is 0 Å². The number of carbonyl (C=O) groups is 1. The minimum absolute atomic E-state index is 0.0199. The molecule has 3 aromatic rings. The Morgan fingerprint density at radius 2 is 1.94 bits per heavy atom. The van der Waals surface area contributed by atoms with Crippen molar-refractivity contribution >= 4 is 17.4 Å². The molecule has 0 fully saturated rings. The van der Waals surface area contributed by atoms with Gasteiger partial charge in [-0.3, -0.25) is 9.69 Å². The molecule has 1 aliphatic rings. The molecule has 0 saturated carbocycles. The van der Waals surface area contributed by atoms with Crippen molar-refractivity contribution in [3.63, 3.8) is 0 Å². The number of carbonyl (C=O) groups excluding carboxylic acids is 1. The van der Waals surface area contributed by atoms with Gasteiger partial charge in [0.2, 0.25) is 0 Å². The Kier molecular flexibility index (Phi) is 7.14. The summed E-state index contributed by atoms with van der Waals surface area (Å²) in [6, 6.07) is 10.5. The molecule has 6 nitrogen and oxygen atoms in total. The Hall–Kier alpha value is -3.43. The predicted octanol–water partition coefficient (Wildman–Crippen LogP) is 3.71. The second kappa shape index (κ2) is 10.2. The molecular formula is C25H24F3N3O3. The lowest BCUT2D eigenvalue weighted by Crippen LogP contribution is -2.40. The van der Waals surface area contributed by atoms with Crippen molar-refractivity contribution in [3.05, 3.63) is 88.4 Å². The summed E-state index contributed by atoms with van der Waals surface area (Å²) in [7, 11) is 1.45. The fourth-order valence-corrected chi connectivity index (χ4v) is 4.09. The molecule has 1 aliphatic heterocycles. The second-order valence-corrected chi connectivity index (χ2v) is 8.11. The zero-order chi connectivity index (χ0) is 24.2. The number of ether oxygens (including phenoxy) is 1. The van der Waals surface area contributed by atoms with Crippen LogP contribution in [0.25, 0.3) is 0 Å². The zero-order valence-electron chi connectivity index (χ0n) is 18.5. The van der Waals surface area contributed by atoms with E-state index in [4.69, 9.17) is 4.74 Å². The number of hydrogen-bond donors (Lipinski definition) is 2. The van der Waals surface area contributed by atoms with Gasteiger partial charge in [0.15, 0.2) is 17.5 Å². The van der Waals surface area contributed by atoms with Crippen molar-refractivity contribution in [3.8, 4) is 0 Å². The minimum Gasteiger partial charge on any atom is -0.389 e. The van der Waals surface area contributed by atoms with Gasteiger partial charge in [-0.1, -0.05) is 6.07 Å². The molecule has 9 heteroatoms. The van der Waals surface area contributed by atoms with E-state index in [0.717, 1.165) is 29.9 Å². The van der Waals surface area contributed by atoms with Crippen LogP contribution >= 0.6 is 0 Å². The number of aromatic nitrogens is 1. The van der Waals surface area contributed by atoms with Crippen LogP contribution in [0.2, 0.25) is 0 Å². The standard InChI is InChI=1S/C25H24F3N3O3/c1-34-14-17(32)13-31(25(33)19-3-2-4-22-18(19)6-8-29-22)23-12-15(5-7-30-23)9-16-10-20(26)24(28)21(27)11-16/h2-5,7,10-12,17,29,32H,6,8-9,13-14H2,1H3. The van der Waals surface area contributed by atoms with Gasteiger partial charge in [0, 0.05) is 31.1 Å². The first-order chi connectivity index (χ1) is 16.4. The molecule has 0 aliphatic carbocycles. The number of hydrogen-bond acceptors (Lipinski definition) is 5. The Bertz CT molecular complexity index is 1180. The maximum atomic E-state index is 13.6. The van der Waals surface area contributed by atoms with Gasteiger partial charge in [-0.15, -0.1) is 0 Å². The number of fused-ring (bicyclic) bond motifs is 1. The number of halogens is 3. The van der Waals surface area contributed by atoms with Crippen molar-refractivity contribution in [2.45, 2.75) is 18.9 Å². The summed E-state index contributed by atoms with van der Waals surface area (Å²) < 4.78 is 45.6. The van der Waals surface area contributed by atoms with Crippen LogP contribution in [0.1, 0.15) is 27.0 Å². The van der Waals surface area contributed by atoms with E-state index in [1.807, 2.05) is 6.07 Å². The number of rotatable bonds is 8. The number of anilines is 2. The fourth-order valence-electron chi connectivity index (χ4n) is 4.09. The van der Waals surface area contributed by atoms with Crippen LogP contribution in [-0.2, 0) is 17.6 Å². The molecular weight excluding hydrogens is 447 g/mol. The van der Waals surface area contributed by atoms with Gasteiger partial charge in [-0.05, 0) is 65.9 Å². The number of benzene rings is 2. The number of amides is 1. The van der Waals surface area contributed by atoms with E-state index in [1.54, 1.807) is 24.3 Å². The highest BCUT2D eigenvalue weighted by Gasteiger charge is 2.26. The van der Waals surface area contributed by atoms with Gasteiger partial charge in [0.1, 0.15) is 5.82 Å². The third-order valence-corrected chi connectivity index (χ3v) is 5.63. The van der Waals surface area contributed by atoms with Gasteiger partial charge in [-0.25, -0.2) is 18.2 Å². The van der Waals surface area contributed by atoms with Crippen LogP contribution in [0.4, 0.5) is 24.7 Å². The summed E-state index contributed by atoms with van der Waals surface area (Å²) in [5.74, 6) is -4.12. The van der Waals surface area contributed by atoms with Gasteiger partial charge < -0.3 is 15.2 Å². The lowest BCUT2D eigenvalue weighted by molar-refractivity contribution is 0.0658. The summed E-state index contributed by atoms with van der Waals surface area (Å²) in [6.45, 7) is 0.677. The van der Waals surface area contributed by atoms with Crippen molar-refractivity contribution in [1.82, 2.24) is 4.98 Å². The molecule has 0 bridgehead atoms. The quantitative estimate of drug-likeness (QED) is 0.490. The molecule has 2 N–H and O–H groups in total. The number of nitrogens with zero attached hydrogens (tertiary/aromatic N) is 2. The van der Waals surface area contributed by atoms with Crippen molar-refractivity contribution < 1.29 is 27.8 Å². The van der Waals surface area contributed by atoms with E-state index >= 15 is 0 Å². The fraction of sp³-hybridized carbons (Fsp3) is 0.280. The average molecular weight is 471 g/mol. The first-order valence-electron chi connectivity index (χ1n) is 10.8. The maximum Gasteiger partial charge on any atom is 0.259 e. The van der Waals surface area contributed by atoms with Crippen LogP contribution in [-0.4, -0.2) is 48.9 Å². The number of aliphatic hydroxyl groups is 1. The smallest absolute Gasteiger partial charge is 0.259 e. The number of pyridine rings is 1. The molecule has 1 atom stereocenters. The summed E-state index contributed by atoms with van der Waals surface area (Å²) in [5, 5.41) is 13.6. The van der Waals surface area contributed by atoms with Crippen LogP contribution in [0.5, 0.6) is 0 Å². The maximum absolute atomic E-state index is 13.6. The van der Waals surface area contributed by atoms with E-state index in [0.29, 0.717) is 17.5 Å². The predicted molar refractivity (Wildman–Crippen MR) is 122 cm³/mol. The molecule has 0 radical (unpaired) electrons. The highest BCUT2D eigenvalue weighted by molar-refractivity contribution is 6.07. The third kappa shape index (κ3) is 5.05. The monoisotopic (exact) mass is 471 g/mol. The SMILES string of the molecule is COCC(O)CN(C(=O)c1cccc2c1CCN2)c1cc(Cc2cc(F)c(F)c(F)c2)ccn1. The Morgan fingerprint density at radius 1 is 1.18 bits per heavy atom. The first kappa shape index (κ1) is 23.7. The Morgan fingerprint density at radius 3 is 2.68 bits per heavy atom. The second-order valence-electron chi connectivity index (χ2n) is 8.11. The van der Waals surface area contributed by atoms with Crippen molar-refractivity contribution in [2.24, 2.45) is 0 Å². The van der Waals surface area contributed by atoms with Gasteiger partial charge in [-0.2, -0.15) is 0 Å². The average Bonchev–Trinajstić information content (AvgIpc) is 3.30. The summed E-state index contributed by atoms with van der Waals surface area (Å²) in [5.41, 5.74) is 3.13. The summed E-state index contributed by atoms with van der Waals surface area (Å²) in [6.07, 6.45) is 1.30. The molecule has 0 saturated heterocycles. The molecule has 4 rings (SSSR count). The van der Waals surface area contributed by atoms with Gasteiger partial charge >= 0.3 is 0 Å². The molecule has 0 spiro atoms. The minimum atomic E-state index is -1.52. The molecule has 34 heavy (non-hydrogen) atoms. The summed E-state index contributed by atoms with van der Waals surface area (Å²) in [4.78, 5) is 19.3. The lowest BCUT2D eigenvalue weighted by atomic mass is 10.0. The first-order valence-corrected chi connectivity index (χ1v) is 10.8. The number of aliphatic hydroxyl groups excluding tert-OH is 1. The molecule has 2 aromatic carbocycles. The summed E-state index contributed by atoms with van der Waals surface area (Å²) >= 11 is 0. The van der Waals surface area contributed by atoms with Gasteiger partial charge in [0.05, 0.1) is 19.3 Å². The normalized spacial score (nSPS) is 13.3. The van der Waals surface area contributed by atoms with Crippen LogP contribution < -0.4 is 10.2 Å². The topological polar surface area (TPSA) is 74.7 Å². The van der Waals surface area contributed by atoms with Gasteiger partial charge in [0.25, 0.3) is 5.91 Å². The van der Waals surface area contributed by atoms with Crippen LogP contribution in [0.15, 0.2) is 48.7 Å². The Balaban J connectivity index is 1.67.